The second-order valence-electron chi connectivity index (χ2n) is 6.16. The summed E-state index contributed by atoms with van der Waals surface area (Å²) in [6.07, 6.45) is 0.0691. The number of halogens is 2. The minimum atomic E-state index is -0.629. The molecule has 1 atom stereocenters. The van der Waals surface area contributed by atoms with Crippen LogP contribution in [0.5, 0.6) is 11.5 Å². The predicted molar refractivity (Wildman–Crippen MR) is 121 cm³/mol. The van der Waals surface area contributed by atoms with Crippen molar-refractivity contribution in [1.82, 2.24) is 0 Å². The maximum absolute atomic E-state index is 10.2. The number of rotatable bonds is 5. The maximum Gasteiger partial charge on any atom is 0.190 e. The maximum atomic E-state index is 10.2. The lowest BCUT2D eigenvalue weighted by Crippen LogP contribution is -2.21. The van der Waals surface area contributed by atoms with E-state index in [0.717, 1.165) is 22.0 Å². The molecule has 0 fully saturated rings. The molecule has 0 radical (unpaired) electrons. The molecule has 4 rings (SSSR count). The van der Waals surface area contributed by atoms with E-state index in [9.17, 15) is 5.11 Å². The molecule has 2 aromatic rings. The summed E-state index contributed by atoms with van der Waals surface area (Å²) in [5.41, 5.74) is 2.74. The van der Waals surface area contributed by atoms with E-state index in [4.69, 9.17) is 32.7 Å². The van der Waals surface area contributed by atoms with Gasteiger partial charge in [-0.25, -0.2) is 4.99 Å². The molecular formula is C19H18Cl2N2O3S2. The minimum Gasteiger partial charge on any atom is -0.491 e. The third kappa shape index (κ3) is 4.72. The van der Waals surface area contributed by atoms with Crippen molar-refractivity contribution in [3.8, 4) is 11.5 Å². The molecule has 28 heavy (non-hydrogen) atoms. The number of aliphatic hydroxyl groups excluding tert-OH is 1. The number of thioether (sulfide) groups is 1. The standard InChI is InChI=1S/C19H16Cl2N2O3S.H2S/c1-10-22-16-3-2-13(6-18(16)26-10)25-8-12(24)9-27-19-5-11-4-14(20)15(21)7-17(11)23-19;/h2-4,6-7,12,22,24H,1,5,8-9H2;1H2/t12-;/m1./s1. The molecule has 0 spiro atoms. The summed E-state index contributed by atoms with van der Waals surface area (Å²) in [7, 11) is 0. The average Bonchev–Trinajstić information content (AvgIpc) is 3.19. The van der Waals surface area contributed by atoms with Crippen LogP contribution >= 0.6 is 48.5 Å². The van der Waals surface area contributed by atoms with Gasteiger partial charge >= 0.3 is 0 Å². The molecule has 2 aliphatic heterocycles. The lowest BCUT2D eigenvalue weighted by atomic mass is 10.1. The lowest BCUT2D eigenvalue weighted by molar-refractivity contribution is 0.126. The van der Waals surface area contributed by atoms with Crippen LogP contribution in [0.1, 0.15) is 5.56 Å². The van der Waals surface area contributed by atoms with Crippen molar-refractivity contribution in [2.75, 3.05) is 17.7 Å². The SMILES string of the molecule is C=C1Nc2ccc(OC[C@@H](O)CSC3=Nc4cc(Cl)c(Cl)cc4C3)cc2O1.S. The smallest absolute Gasteiger partial charge is 0.190 e. The van der Waals surface area contributed by atoms with E-state index in [1.807, 2.05) is 18.2 Å². The predicted octanol–water partition coefficient (Wildman–Crippen LogP) is 5.14. The van der Waals surface area contributed by atoms with Crippen molar-refractivity contribution in [1.29, 1.82) is 0 Å². The van der Waals surface area contributed by atoms with Crippen LogP contribution < -0.4 is 14.8 Å². The van der Waals surface area contributed by atoms with E-state index < -0.39 is 6.10 Å². The van der Waals surface area contributed by atoms with Gasteiger partial charge in [-0.15, -0.1) is 11.8 Å². The first-order valence-corrected chi connectivity index (χ1v) is 9.99. The Labute approximate surface area is 184 Å². The molecule has 0 amide bonds. The summed E-state index contributed by atoms with van der Waals surface area (Å²) in [5.74, 6) is 2.26. The normalized spacial score (nSPS) is 15.0. The van der Waals surface area contributed by atoms with Crippen molar-refractivity contribution in [2.45, 2.75) is 12.5 Å². The molecule has 0 bridgehead atoms. The van der Waals surface area contributed by atoms with E-state index in [-0.39, 0.29) is 20.1 Å². The number of anilines is 1. The number of aliphatic imine (C=N–C) groups is 1. The molecule has 2 N–H and O–H groups in total. The van der Waals surface area contributed by atoms with E-state index >= 15 is 0 Å². The molecule has 5 nitrogen and oxygen atoms in total. The number of fused-ring (bicyclic) bond motifs is 2. The van der Waals surface area contributed by atoms with Crippen LogP contribution in [-0.4, -0.2) is 28.6 Å². The molecule has 0 aromatic heterocycles. The Bertz CT molecular complexity index is 953. The van der Waals surface area contributed by atoms with Crippen molar-refractivity contribution in [2.24, 2.45) is 4.99 Å². The van der Waals surface area contributed by atoms with Gasteiger partial charge in [0.15, 0.2) is 11.6 Å². The fourth-order valence-electron chi connectivity index (χ4n) is 2.76. The van der Waals surface area contributed by atoms with Crippen molar-refractivity contribution < 1.29 is 14.6 Å². The van der Waals surface area contributed by atoms with Crippen LogP contribution in [0, 0.1) is 0 Å². The van der Waals surface area contributed by atoms with Gasteiger partial charge < -0.3 is 19.9 Å². The highest BCUT2D eigenvalue weighted by Crippen LogP contribution is 2.37. The zero-order valence-electron chi connectivity index (χ0n) is 14.7. The van der Waals surface area contributed by atoms with Crippen LogP contribution in [-0.2, 0) is 6.42 Å². The van der Waals surface area contributed by atoms with Gasteiger partial charge in [0.2, 0.25) is 0 Å². The average molecular weight is 457 g/mol. The summed E-state index contributed by atoms with van der Waals surface area (Å²) in [6.45, 7) is 3.90. The monoisotopic (exact) mass is 456 g/mol. The molecule has 2 aromatic carbocycles. The summed E-state index contributed by atoms with van der Waals surface area (Å²) in [4.78, 5) is 4.54. The Hall–Kier alpha value is -1.51. The molecular weight excluding hydrogens is 439 g/mol. The van der Waals surface area contributed by atoms with Crippen molar-refractivity contribution >= 4 is 64.9 Å². The Morgan fingerprint density at radius 2 is 2.07 bits per heavy atom. The largest absolute Gasteiger partial charge is 0.491 e. The second-order valence-corrected chi connectivity index (χ2v) is 8.07. The number of hydrogen-bond acceptors (Lipinski definition) is 6. The number of nitrogens with zero attached hydrogens (tertiary/aromatic N) is 1. The molecule has 2 heterocycles. The van der Waals surface area contributed by atoms with E-state index in [2.05, 4.69) is 16.9 Å². The minimum absolute atomic E-state index is 0. The Balaban J connectivity index is 0.00000225. The number of hydrogen-bond donors (Lipinski definition) is 2. The summed E-state index contributed by atoms with van der Waals surface area (Å²) in [5, 5.41) is 15.2. The van der Waals surface area contributed by atoms with E-state index in [1.54, 1.807) is 12.1 Å². The quantitative estimate of drug-likeness (QED) is 0.651. The number of benzene rings is 2. The van der Waals surface area contributed by atoms with Crippen LogP contribution in [0.25, 0.3) is 0 Å². The Kier molecular flexibility index (Phi) is 6.73. The van der Waals surface area contributed by atoms with Gasteiger partial charge in [-0.1, -0.05) is 23.2 Å². The van der Waals surface area contributed by atoms with Gasteiger partial charge in [0.05, 0.1) is 32.6 Å². The van der Waals surface area contributed by atoms with Crippen LogP contribution in [0.4, 0.5) is 11.4 Å². The van der Waals surface area contributed by atoms with Crippen molar-refractivity contribution in [3.63, 3.8) is 0 Å². The molecule has 0 saturated carbocycles. The zero-order chi connectivity index (χ0) is 19.0. The van der Waals surface area contributed by atoms with Crippen LogP contribution in [0.15, 0.2) is 47.8 Å². The third-order valence-corrected chi connectivity index (χ3v) is 5.90. The summed E-state index contributed by atoms with van der Waals surface area (Å²) in [6, 6.07) is 9.05. The second kappa shape index (κ2) is 8.88. The van der Waals surface area contributed by atoms with Crippen LogP contribution in [0.2, 0.25) is 10.0 Å². The molecule has 0 saturated heterocycles. The van der Waals surface area contributed by atoms with Crippen molar-refractivity contribution in [3.05, 3.63) is 58.4 Å². The van der Waals surface area contributed by atoms with E-state index in [0.29, 0.717) is 39.6 Å². The van der Waals surface area contributed by atoms with Gasteiger partial charge in [0.25, 0.3) is 0 Å². The first-order valence-electron chi connectivity index (χ1n) is 8.25. The molecule has 9 heteroatoms. The highest BCUT2D eigenvalue weighted by molar-refractivity contribution is 8.14. The highest BCUT2D eigenvalue weighted by atomic mass is 35.5. The number of aliphatic hydroxyl groups is 1. The summed E-state index contributed by atoms with van der Waals surface area (Å²) < 4.78 is 11.1. The van der Waals surface area contributed by atoms with Gasteiger partial charge in [-0.2, -0.15) is 13.5 Å². The van der Waals surface area contributed by atoms with Gasteiger partial charge in [0, 0.05) is 18.2 Å². The summed E-state index contributed by atoms with van der Waals surface area (Å²) >= 11 is 13.6. The molecule has 2 aliphatic rings. The fraction of sp³-hybridized carbons (Fsp3) is 0.211. The molecule has 148 valence electrons. The first kappa shape index (κ1) is 21.2. The Morgan fingerprint density at radius 3 is 2.89 bits per heavy atom. The lowest BCUT2D eigenvalue weighted by Gasteiger charge is -2.12. The van der Waals surface area contributed by atoms with Gasteiger partial charge in [-0.05, 0) is 36.4 Å². The molecule has 0 unspecified atom stereocenters. The Morgan fingerprint density at radius 1 is 1.29 bits per heavy atom. The molecule has 0 aliphatic carbocycles. The number of ether oxygens (including phenoxy) is 2. The number of nitrogens with one attached hydrogen (secondary N) is 1. The van der Waals surface area contributed by atoms with Gasteiger partial charge in [-0.3, -0.25) is 0 Å². The topological polar surface area (TPSA) is 63.1 Å². The van der Waals surface area contributed by atoms with E-state index in [1.165, 1.54) is 11.8 Å². The third-order valence-electron chi connectivity index (χ3n) is 4.05. The highest BCUT2D eigenvalue weighted by Gasteiger charge is 2.19. The fourth-order valence-corrected chi connectivity index (χ4v) is 4.01. The van der Waals surface area contributed by atoms with Crippen LogP contribution in [0.3, 0.4) is 0 Å². The van der Waals surface area contributed by atoms with Gasteiger partial charge in [0.1, 0.15) is 12.4 Å². The zero-order valence-corrected chi connectivity index (χ0v) is 18.0. The first-order chi connectivity index (χ1) is 13.0.